The molecule has 0 spiro atoms. The Morgan fingerprint density at radius 1 is 1.20 bits per heavy atom. The first kappa shape index (κ1) is 24.0. The van der Waals surface area contributed by atoms with E-state index in [-0.39, 0.29) is 5.02 Å². The molecule has 3 heterocycles. The molecule has 186 valence electrons. The van der Waals surface area contributed by atoms with Crippen molar-refractivity contribution in [2.24, 2.45) is 0 Å². The SMILES string of the molecule is COc1cc2ncnc(Nc3ccc(F)c(Cl)c3)c2cc1OCCCN1CC2OCCN(C)[C@H]2C1. The number of fused-ring (bicyclic) bond motifs is 2. The molecule has 0 saturated carbocycles. The lowest BCUT2D eigenvalue weighted by Crippen LogP contribution is -2.48. The topological polar surface area (TPSA) is 72.0 Å². The highest BCUT2D eigenvalue weighted by molar-refractivity contribution is 6.31. The van der Waals surface area contributed by atoms with Crippen LogP contribution >= 0.6 is 11.6 Å². The Labute approximate surface area is 208 Å². The van der Waals surface area contributed by atoms with E-state index in [1.807, 2.05) is 12.1 Å². The fourth-order valence-corrected chi connectivity index (χ4v) is 4.91. The molecule has 2 fully saturated rings. The van der Waals surface area contributed by atoms with E-state index in [0.29, 0.717) is 47.3 Å². The van der Waals surface area contributed by atoms with Gasteiger partial charge in [-0.05, 0) is 37.7 Å². The lowest BCUT2D eigenvalue weighted by Gasteiger charge is -2.33. The summed E-state index contributed by atoms with van der Waals surface area (Å²) in [6.07, 6.45) is 2.65. The van der Waals surface area contributed by atoms with Crippen LogP contribution < -0.4 is 14.8 Å². The van der Waals surface area contributed by atoms with Gasteiger partial charge in [-0.15, -0.1) is 0 Å². The second-order valence-corrected chi connectivity index (χ2v) is 9.32. The van der Waals surface area contributed by atoms with E-state index in [1.165, 1.54) is 18.5 Å². The van der Waals surface area contributed by atoms with Crippen LogP contribution in [0.2, 0.25) is 5.02 Å². The first-order valence-corrected chi connectivity index (χ1v) is 12.1. The van der Waals surface area contributed by atoms with E-state index >= 15 is 0 Å². The largest absolute Gasteiger partial charge is 0.493 e. The number of anilines is 2. The van der Waals surface area contributed by atoms with E-state index < -0.39 is 5.82 Å². The summed E-state index contributed by atoms with van der Waals surface area (Å²) in [5, 5.41) is 3.98. The zero-order valence-electron chi connectivity index (χ0n) is 19.8. The number of rotatable bonds is 8. The summed E-state index contributed by atoms with van der Waals surface area (Å²) < 4.78 is 31.2. The van der Waals surface area contributed by atoms with Crippen molar-refractivity contribution in [3.8, 4) is 11.5 Å². The van der Waals surface area contributed by atoms with Gasteiger partial charge in [-0.1, -0.05) is 11.6 Å². The number of morpholine rings is 1. The monoisotopic (exact) mass is 501 g/mol. The predicted octanol–water partition coefficient (Wildman–Crippen LogP) is 3.96. The molecular formula is C25H29ClFN5O3. The Kier molecular flexibility index (Phi) is 7.19. The van der Waals surface area contributed by atoms with Crippen molar-refractivity contribution in [2.45, 2.75) is 18.6 Å². The van der Waals surface area contributed by atoms with Crippen LogP contribution in [0.4, 0.5) is 15.9 Å². The first-order chi connectivity index (χ1) is 17.0. The number of aromatic nitrogens is 2. The van der Waals surface area contributed by atoms with Gasteiger partial charge in [-0.3, -0.25) is 9.80 Å². The second-order valence-electron chi connectivity index (χ2n) is 8.92. The van der Waals surface area contributed by atoms with Gasteiger partial charge in [0, 0.05) is 49.4 Å². The first-order valence-electron chi connectivity index (χ1n) is 11.7. The third-order valence-corrected chi connectivity index (χ3v) is 6.92. The predicted molar refractivity (Wildman–Crippen MR) is 133 cm³/mol. The third kappa shape index (κ3) is 5.28. The number of ether oxygens (including phenoxy) is 3. The lowest BCUT2D eigenvalue weighted by molar-refractivity contribution is -0.0369. The number of nitrogens with one attached hydrogen (secondary N) is 1. The molecule has 1 aromatic heterocycles. The van der Waals surface area contributed by atoms with Crippen LogP contribution in [0.1, 0.15) is 6.42 Å². The molecule has 5 rings (SSSR count). The van der Waals surface area contributed by atoms with Crippen molar-refractivity contribution in [2.75, 3.05) is 58.9 Å². The molecule has 2 aliphatic rings. The average molecular weight is 502 g/mol. The molecular weight excluding hydrogens is 473 g/mol. The summed E-state index contributed by atoms with van der Waals surface area (Å²) in [6, 6.07) is 8.61. The minimum absolute atomic E-state index is 0.0366. The van der Waals surface area contributed by atoms with Gasteiger partial charge in [0.1, 0.15) is 18.0 Å². The molecule has 1 unspecified atom stereocenters. The van der Waals surface area contributed by atoms with Gasteiger partial charge in [0.05, 0.1) is 37.0 Å². The molecule has 10 heteroatoms. The van der Waals surface area contributed by atoms with Crippen molar-refractivity contribution in [1.29, 1.82) is 0 Å². The molecule has 0 bridgehead atoms. The zero-order chi connectivity index (χ0) is 24.4. The maximum absolute atomic E-state index is 13.5. The number of benzene rings is 2. The molecule has 35 heavy (non-hydrogen) atoms. The highest BCUT2D eigenvalue weighted by Gasteiger charge is 2.38. The number of nitrogens with zero attached hydrogens (tertiary/aromatic N) is 4. The second kappa shape index (κ2) is 10.5. The minimum Gasteiger partial charge on any atom is -0.493 e. The van der Waals surface area contributed by atoms with Gasteiger partial charge in [0.15, 0.2) is 11.5 Å². The Morgan fingerprint density at radius 3 is 2.89 bits per heavy atom. The van der Waals surface area contributed by atoms with E-state index in [1.54, 1.807) is 13.2 Å². The van der Waals surface area contributed by atoms with Crippen molar-refractivity contribution in [3.05, 3.63) is 47.5 Å². The fraction of sp³-hybridized carbons (Fsp3) is 0.440. The van der Waals surface area contributed by atoms with Crippen LogP contribution in [0, 0.1) is 5.82 Å². The van der Waals surface area contributed by atoms with Crippen LogP contribution in [0.5, 0.6) is 11.5 Å². The van der Waals surface area contributed by atoms with Crippen LogP contribution in [0.15, 0.2) is 36.7 Å². The Morgan fingerprint density at radius 2 is 2.09 bits per heavy atom. The van der Waals surface area contributed by atoms with Crippen molar-refractivity contribution in [3.63, 3.8) is 0 Å². The smallest absolute Gasteiger partial charge is 0.162 e. The molecule has 1 N–H and O–H groups in total. The molecule has 0 aliphatic carbocycles. The summed E-state index contributed by atoms with van der Waals surface area (Å²) in [7, 11) is 3.79. The molecule has 0 radical (unpaired) electrons. The number of likely N-dealkylation sites (tertiary alicyclic amines) is 1. The van der Waals surface area contributed by atoms with Gasteiger partial charge in [0.25, 0.3) is 0 Å². The number of hydrogen-bond acceptors (Lipinski definition) is 8. The minimum atomic E-state index is -0.475. The fourth-order valence-electron chi connectivity index (χ4n) is 4.73. The Balaban J connectivity index is 1.26. The van der Waals surface area contributed by atoms with Gasteiger partial charge < -0.3 is 19.5 Å². The van der Waals surface area contributed by atoms with E-state index in [4.69, 9.17) is 25.8 Å². The number of likely N-dealkylation sites (N-methyl/N-ethyl adjacent to an activating group) is 1. The van der Waals surface area contributed by atoms with Crippen molar-refractivity contribution in [1.82, 2.24) is 19.8 Å². The van der Waals surface area contributed by atoms with E-state index in [9.17, 15) is 4.39 Å². The standard InChI is InChI=1S/C25H29ClFN5O3/c1-31-7-9-35-24-14-32(13-21(24)31)6-3-8-34-23-11-17-20(12-22(23)33-2)28-15-29-25(17)30-16-4-5-19(27)18(26)10-16/h4-5,10-12,15,21,24H,3,6-9,13-14H2,1-2H3,(H,28,29,30)/t21-,24?/m0/s1. The van der Waals surface area contributed by atoms with Crippen LogP contribution in [0.25, 0.3) is 10.9 Å². The maximum atomic E-state index is 13.5. The molecule has 2 saturated heterocycles. The summed E-state index contributed by atoms with van der Waals surface area (Å²) >= 11 is 5.93. The number of halogens is 2. The highest BCUT2D eigenvalue weighted by atomic mass is 35.5. The third-order valence-electron chi connectivity index (χ3n) is 6.63. The van der Waals surface area contributed by atoms with Gasteiger partial charge in [-0.25, -0.2) is 14.4 Å². The quantitative estimate of drug-likeness (QED) is 0.465. The van der Waals surface area contributed by atoms with E-state index in [0.717, 1.165) is 44.6 Å². The summed E-state index contributed by atoms with van der Waals surface area (Å²) in [5.41, 5.74) is 1.32. The van der Waals surface area contributed by atoms with Gasteiger partial charge in [-0.2, -0.15) is 0 Å². The van der Waals surface area contributed by atoms with Crippen molar-refractivity contribution >= 4 is 34.0 Å². The molecule has 0 amide bonds. The lowest BCUT2D eigenvalue weighted by atomic mass is 10.1. The molecule has 2 aliphatic heterocycles. The van der Waals surface area contributed by atoms with E-state index in [2.05, 4.69) is 32.1 Å². The highest BCUT2D eigenvalue weighted by Crippen LogP contribution is 2.35. The van der Waals surface area contributed by atoms with Crippen LogP contribution in [-0.2, 0) is 4.74 Å². The number of hydrogen-bond donors (Lipinski definition) is 1. The normalized spacial score (nSPS) is 20.7. The van der Waals surface area contributed by atoms with Crippen LogP contribution in [-0.4, -0.2) is 85.5 Å². The summed E-state index contributed by atoms with van der Waals surface area (Å²) in [6.45, 7) is 5.30. The van der Waals surface area contributed by atoms with Gasteiger partial charge >= 0.3 is 0 Å². The zero-order valence-corrected chi connectivity index (χ0v) is 20.6. The van der Waals surface area contributed by atoms with Gasteiger partial charge in [0.2, 0.25) is 0 Å². The molecule has 3 aromatic rings. The molecule has 2 aromatic carbocycles. The summed E-state index contributed by atoms with van der Waals surface area (Å²) in [4.78, 5) is 13.6. The number of methoxy groups -OCH3 is 1. The summed E-state index contributed by atoms with van der Waals surface area (Å²) in [5.74, 6) is 1.31. The maximum Gasteiger partial charge on any atom is 0.162 e. The Bertz CT molecular complexity index is 1200. The van der Waals surface area contributed by atoms with Crippen LogP contribution in [0.3, 0.4) is 0 Å². The molecule has 2 atom stereocenters. The average Bonchev–Trinajstić information content (AvgIpc) is 3.28. The Hall–Kier alpha value is -2.72. The van der Waals surface area contributed by atoms with Crippen molar-refractivity contribution < 1.29 is 18.6 Å². The molecule has 8 nitrogen and oxygen atoms in total.